The summed E-state index contributed by atoms with van der Waals surface area (Å²) in [6.07, 6.45) is 0.386. The number of amides is 3. The van der Waals surface area contributed by atoms with Gasteiger partial charge in [-0.05, 0) is 29.8 Å². The number of nitrogens with zero attached hydrogens (tertiary/aromatic N) is 2. The molecular weight excluding hydrogens is 450 g/mol. The van der Waals surface area contributed by atoms with Gasteiger partial charge in [0.1, 0.15) is 6.04 Å². The van der Waals surface area contributed by atoms with E-state index in [0.717, 1.165) is 5.56 Å². The minimum Gasteiger partial charge on any atom is -0.340 e. The lowest BCUT2D eigenvalue weighted by Gasteiger charge is -2.36. The second-order valence-corrected chi connectivity index (χ2v) is 8.59. The second-order valence-electron chi connectivity index (χ2n) is 8.18. The molecular formula is C27H26ClN3O3. The summed E-state index contributed by atoms with van der Waals surface area (Å²) < 4.78 is 0. The molecule has 1 aliphatic heterocycles. The zero-order valence-electron chi connectivity index (χ0n) is 18.7. The lowest BCUT2D eigenvalue weighted by Crippen LogP contribution is -2.56. The molecule has 1 heterocycles. The third-order valence-electron chi connectivity index (χ3n) is 5.90. The van der Waals surface area contributed by atoms with Crippen molar-refractivity contribution in [3.05, 3.63) is 107 Å². The molecule has 34 heavy (non-hydrogen) atoms. The smallest absolute Gasteiger partial charge is 0.255 e. The number of nitrogens with one attached hydrogen (secondary N) is 1. The minimum atomic E-state index is -0.707. The van der Waals surface area contributed by atoms with Gasteiger partial charge < -0.3 is 15.1 Å². The van der Waals surface area contributed by atoms with Gasteiger partial charge in [-0.3, -0.25) is 14.4 Å². The highest BCUT2D eigenvalue weighted by molar-refractivity contribution is 6.33. The zero-order valence-corrected chi connectivity index (χ0v) is 19.4. The van der Waals surface area contributed by atoms with Crippen LogP contribution in [0.15, 0.2) is 84.9 Å². The molecule has 1 aliphatic rings. The monoisotopic (exact) mass is 475 g/mol. The standard InChI is InChI=1S/C27H26ClN3O3/c28-23-14-8-7-13-22(23)26(33)30-15-17-31(18-16-30)27(34)24(19-20-9-3-1-4-10-20)29-25(32)21-11-5-2-6-12-21/h1-14,24H,15-19H2,(H,29,32)/t24-/m0/s1. The molecule has 174 valence electrons. The van der Waals surface area contributed by atoms with Gasteiger partial charge in [0.25, 0.3) is 11.8 Å². The minimum absolute atomic E-state index is 0.143. The molecule has 4 rings (SSSR count). The molecule has 1 saturated heterocycles. The highest BCUT2D eigenvalue weighted by atomic mass is 35.5. The number of carbonyl (C=O) groups is 3. The SMILES string of the molecule is O=C(N[C@@H](Cc1ccccc1)C(=O)N1CCN(C(=O)c2ccccc2Cl)CC1)c1ccccc1. The van der Waals surface area contributed by atoms with Gasteiger partial charge in [0.05, 0.1) is 10.6 Å². The largest absolute Gasteiger partial charge is 0.340 e. The van der Waals surface area contributed by atoms with Crippen molar-refractivity contribution in [2.45, 2.75) is 12.5 Å². The number of hydrogen-bond donors (Lipinski definition) is 1. The van der Waals surface area contributed by atoms with E-state index in [2.05, 4.69) is 5.32 Å². The quantitative estimate of drug-likeness (QED) is 0.591. The van der Waals surface area contributed by atoms with Gasteiger partial charge in [-0.25, -0.2) is 0 Å². The fourth-order valence-electron chi connectivity index (χ4n) is 4.04. The zero-order chi connectivity index (χ0) is 23.9. The van der Waals surface area contributed by atoms with E-state index in [9.17, 15) is 14.4 Å². The second kappa shape index (κ2) is 11.0. The number of piperazine rings is 1. The summed E-state index contributed by atoms with van der Waals surface area (Å²) in [5.74, 6) is -0.587. The fourth-order valence-corrected chi connectivity index (χ4v) is 4.25. The fraction of sp³-hybridized carbons (Fsp3) is 0.222. The van der Waals surface area contributed by atoms with Crippen LogP contribution in [-0.2, 0) is 11.2 Å². The van der Waals surface area contributed by atoms with Crippen molar-refractivity contribution in [1.82, 2.24) is 15.1 Å². The van der Waals surface area contributed by atoms with Crippen LogP contribution in [0.5, 0.6) is 0 Å². The molecule has 0 saturated carbocycles. The Morgan fingerprint density at radius 2 is 1.32 bits per heavy atom. The normalized spacial score (nSPS) is 14.4. The van der Waals surface area contributed by atoms with E-state index in [0.29, 0.717) is 48.7 Å². The van der Waals surface area contributed by atoms with E-state index < -0.39 is 6.04 Å². The van der Waals surface area contributed by atoms with Gasteiger partial charge >= 0.3 is 0 Å². The molecule has 0 spiro atoms. The first-order valence-electron chi connectivity index (χ1n) is 11.3. The average Bonchev–Trinajstić information content (AvgIpc) is 2.89. The predicted octanol–water partition coefficient (Wildman–Crippen LogP) is 3.67. The molecule has 1 N–H and O–H groups in total. The van der Waals surface area contributed by atoms with Crippen molar-refractivity contribution < 1.29 is 14.4 Å². The van der Waals surface area contributed by atoms with E-state index in [1.165, 1.54) is 0 Å². The van der Waals surface area contributed by atoms with Crippen LogP contribution >= 0.6 is 11.6 Å². The van der Waals surface area contributed by atoms with Gasteiger partial charge in [-0.2, -0.15) is 0 Å². The summed E-state index contributed by atoms with van der Waals surface area (Å²) >= 11 is 6.18. The summed E-state index contributed by atoms with van der Waals surface area (Å²) in [5, 5.41) is 3.33. The summed E-state index contributed by atoms with van der Waals surface area (Å²) in [5.41, 5.74) is 1.92. The highest BCUT2D eigenvalue weighted by Gasteiger charge is 2.31. The van der Waals surface area contributed by atoms with Crippen LogP contribution in [0.25, 0.3) is 0 Å². The Kier molecular flexibility index (Phi) is 7.60. The van der Waals surface area contributed by atoms with Crippen molar-refractivity contribution in [3.63, 3.8) is 0 Å². The van der Waals surface area contributed by atoms with Gasteiger partial charge in [0, 0.05) is 38.2 Å². The number of halogens is 1. The summed E-state index contributed by atoms with van der Waals surface area (Å²) in [4.78, 5) is 42.6. The highest BCUT2D eigenvalue weighted by Crippen LogP contribution is 2.18. The van der Waals surface area contributed by atoms with E-state index in [1.807, 2.05) is 36.4 Å². The van der Waals surface area contributed by atoms with Gasteiger partial charge in [-0.1, -0.05) is 72.3 Å². The van der Waals surface area contributed by atoms with Crippen LogP contribution < -0.4 is 5.32 Å². The van der Waals surface area contributed by atoms with Gasteiger partial charge in [0.2, 0.25) is 5.91 Å². The van der Waals surface area contributed by atoms with Crippen molar-refractivity contribution in [3.8, 4) is 0 Å². The number of benzene rings is 3. The van der Waals surface area contributed by atoms with Crippen molar-refractivity contribution in [1.29, 1.82) is 0 Å². The molecule has 0 unspecified atom stereocenters. The first-order valence-corrected chi connectivity index (χ1v) is 11.6. The van der Waals surface area contributed by atoms with Crippen molar-refractivity contribution in [2.24, 2.45) is 0 Å². The molecule has 1 atom stereocenters. The third kappa shape index (κ3) is 5.64. The Morgan fingerprint density at radius 1 is 0.765 bits per heavy atom. The molecule has 1 fully saturated rings. The maximum absolute atomic E-state index is 13.5. The van der Waals surface area contributed by atoms with Crippen LogP contribution in [0.2, 0.25) is 5.02 Å². The summed E-state index contributed by atoms with van der Waals surface area (Å²) in [7, 11) is 0. The van der Waals surface area contributed by atoms with E-state index in [4.69, 9.17) is 11.6 Å². The average molecular weight is 476 g/mol. The summed E-state index contributed by atoms with van der Waals surface area (Å²) in [6, 6.07) is 24.7. The van der Waals surface area contributed by atoms with E-state index >= 15 is 0 Å². The van der Waals surface area contributed by atoms with Crippen LogP contribution in [0.3, 0.4) is 0 Å². The van der Waals surface area contributed by atoms with E-state index in [-0.39, 0.29) is 17.7 Å². The lowest BCUT2D eigenvalue weighted by atomic mass is 10.0. The van der Waals surface area contributed by atoms with Crippen LogP contribution in [0.1, 0.15) is 26.3 Å². The first kappa shape index (κ1) is 23.5. The lowest BCUT2D eigenvalue weighted by molar-refractivity contribution is -0.134. The van der Waals surface area contributed by atoms with Crippen molar-refractivity contribution in [2.75, 3.05) is 26.2 Å². The Balaban J connectivity index is 1.44. The molecule has 3 amide bonds. The Morgan fingerprint density at radius 3 is 1.97 bits per heavy atom. The van der Waals surface area contributed by atoms with Gasteiger partial charge in [0.15, 0.2) is 0 Å². The molecule has 0 aromatic heterocycles. The first-order chi connectivity index (χ1) is 16.5. The van der Waals surface area contributed by atoms with E-state index in [1.54, 1.807) is 58.3 Å². The molecule has 0 bridgehead atoms. The maximum atomic E-state index is 13.5. The molecule has 7 heteroatoms. The Labute approximate surface area is 204 Å². The molecule has 3 aromatic carbocycles. The molecule has 0 aliphatic carbocycles. The maximum Gasteiger partial charge on any atom is 0.255 e. The summed E-state index contributed by atoms with van der Waals surface area (Å²) in [6.45, 7) is 1.59. The molecule has 0 radical (unpaired) electrons. The molecule has 6 nitrogen and oxygen atoms in total. The van der Waals surface area contributed by atoms with Gasteiger partial charge in [-0.15, -0.1) is 0 Å². The van der Waals surface area contributed by atoms with Crippen LogP contribution in [0.4, 0.5) is 0 Å². The predicted molar refractivity (Wildman–Crippen MR) is 132 cm³/mol. The number of hydrogen-bond acceptors (Lipinski definition) is 3. The Bertz CT molecular complexity index is 1150. The topological polar surface area (TPSA) is 69.7 Å². The van der Waals surface area contributed by atoms with Crippen molar-refractivity contribution >= 4 is 29.3 Å². The van der Waals surface area contributed by atoms with Crippen LogP contribution in [-0.4, -0.2) is 59.7 Å². The van der Waals surface area contributed by atoms with Crippen LogP contribution in [0, 0.1) is 0 Å². The molecule has 3 aromatic rings. The Hall–Kier alpha value is -3.64. The number of carbonyl (C=O) groups excluding carboxylic acids is 3. The number of rotatable bonds is 6. The third-order valence-corrected chi connectivity index (χ3v) is 6.23.